The summed E-state index contributed by atoms with van der Waals surface area (Å²) in [5.74, 6) is 1.29. The van der Waals surface area contributed by atoms with Crippen molar-refractivity contribution in [3.8, 4) is 17.1 Å². The van der Waals surface area contributed by atoms with E-state index in [-0.39, 0.29) is 12.0 Å². The van der Waals surface area contributed by atoms with Crippen molar-refractivity contribution in [1.82, 2.24) is 24.9 Å². The number of aromatic nitrogens is 3. The fourth-order valence-electron chi connectivity index (χ4n) is 4.18. The maximum absolute atomic E-state index is 13.2. The summed E-state index contributed by atoms with van der Waals surface area (Å²) in [6.45, 7) is 10.1. The third kappa shape index (κ3) is 5.37. The summed E-state index contributed by atoms with van der Waals surface area (Å²) in [7, 11) is 1.62. The van der Waals surface area contributed by atoms with Crippen LogP contribution in [0.15, 0.2) is 28.8 Å². The van der Waals surface area contributed by atoms with Gasteiger partial charge in [-0.1, -0.05) is 5.16 Å². The summed E-state index contributed by atoms with van der Waals surface area (Å²) in [4.78, 5) is 37.2. The van der Waals surface area contributed by atoms with Gasteiger partial charge in [-0.05, 0) is 57.5 Å². The Morgan fingerprint density at radius 2 is 1.80 bits per heavy atom. The molecule has 1 aromatic carbocycles. The van der Waals surface area contributed by atoms with Crippen molar-refractivity contribution in [1.29, 1.82) is 0 Å². The first-order chi connectivity index (χ1) is 16.8. The van der Waals surface area contributed by atoms with Crippen LogP contribution in [0.1, 0.15) is 51.8 Å². The Balaban J connectivity index is 1.35. The highest BCUT2D eigenvalue weighted by molar-refractivity contribution is 6.00. The molecule has 1 amide bonds. The summed E-state index contributed by atoms with van der Waals surface area (Å²) < 4.78 is 16.0. The van der Waals surface area contributed by atoms with Crippen molar-refractivity contribution in [2.45, 2.75) is 40.3 Å². The van der Waals surface area contributed by atoms with Gasteiger partial charge in [0.15, 0.2) is 0 Å². The first kappa shape index (κ1) is 24.5. The Bertz CT molecular complexity index is 1190. The van der Waals surface area contributed by atoms with E-state index < -0.39 is 5.97 Å². The van der Waals surface area contributed by atoms with Crippen LogP contribution in [0.2, 0.25) is 0 Å². The first-order valence-corrected chi connectivity index (χ1v) is 11.7. The van der Waals surface area contributed by atoms with Crippen LogP contribution in [0.3, 0.4) is 0 Å². The van der Waals surface area contributed by atoms with Crippen LogP contribution >= 0.6 is 0 Å². The van der Waals surface area contributed by atoms with Gasteiger partial charge >= 0.3 is 5.97 Å². The van der Waals surface area contributed by atoms with Crippen molar-refractivity contribution in [2.24, 2.45) is 0 Å². The zero-order valence-corrected chi connectivity index (χ0v) is 20.8. The van der Waals surface area contributed by atoms with Gasteiger partial charge in [0.2, 0.25) is 11.7 Å². The van der Waals surface area contributed by atoms with Crippen molar-refractivity contribution < 1.29 is 23.6 Å². The fraction of sp³-hybridized carbons (Fsp3) is 0.440. The minimum Gasteiger partial charge on any atom is -0.497 e. The molecule has 186 valence electrons. The number of ether oxygens (including phenoxy) is 2. The van der Waals surface area contributed by atoms with Gasteiger partial charge in [-0.15, -0.1) is 0 Å². The number of nitrogens with zero attached hydrogens (tertiary/aromatic N) is 4. The molecule has 10 heteroatoms. The molecule has 0 radical (unpaired) electrons. The molecular formula is C25H31N5O5. The summed E-state index contributed by atoms with van der Waals surface area (Å²) in [6, 6.07) is 7.47. The molecule has 0 atom stereocenters. The number of aryl methyl sites for hydroxylation is 1. The number of hydrogen-bond donors (Lipinski definition) is 1. The second-order valence-corrected chi connectivity index (χ2v) is 8.89. The third-order valence-corrected chi connectivity index (χ3v) is 6.03. The van der Waals surface area contributed by atoms with Gasteiger partial charge in [-0.3, -0.25) is 9.69 Å². The van der Waals surface area contributed by atoms with Gasteiger partial charge < -0.3 is 23.9 Å². The molecule has 0 saturated carbocycles. The molecule has 1 N–H and O–H groups in total. The van der Waals surface area contributed by atoms with E-state index in [1.807, 2.05) is 24.3 Å². The molecule has 0 aliphatic carbocycles. The standard InChI is InChI=1S/C25H31N5O5/c1-15(2)34-25(32)21-16(3)22(26-17(21)4)24(31)30-12-10-29(11-13-30)14-20-27-23(28-35-20)18-6-8-19(33-5)9-7-18/h6-9,15,26H,10-14H2,1-5H3. The number of esters is 1. The number of piperazine rings is 1. The van der Waals surface area contributed by atoms with E-state index in [0.717, 1.165) is 11.3 Å². The van der Waals surface area contributed by atoms with Crippen LogP contribution in [0.4, 0.5) is 0 Å². The lowest BCUT2D eigenvalue weighted by atomic mass is 10.1. The molecule has 1 aliphatic heterocycles. The van der Waals surface area contributed by atoms with Crippen LogP contribution in [-0.2, 0) is 11.3 Å². The van der Waals surface area contributed by atoms with E-state index in [4.69, 9.17) is 14.0 Å². The molecule has 1 aliphatic rings. The lowest BCUT2D eigenvalue weighted by Crippen LogP contribution is -2.48. The third-order valence-electron chi connectivity index (χ3n) is 6.03. The van der Waals surface area contributed by atoms with Crippen LogP contribution in [0.25, 0.3) is 11.4 Å². The Morgan fingerprint density at radius 3 is 2.43 bits per heavy atom. The van der Waals surface area contributed by atoms with E-state index in [2.05, 4.69) is 20.0 Å². The number of rotatable bonds is 7. The van der Waals surface area contributed by atoms with Gasteiger partial charge in [-0.25, -0.2) is 4.79 Å². The Morgan fingerprint density at radius 1 is 1.11 bits per heavy atom. The molecule has 0 spiro atoms. The summed E-state index contributed by atoms with van der Waals surface area (Å²) in [6.07, 6.45) is -0.227. The molecule has 1 saturated heterocycles. The number of benzene rings is 1. The van der Waals surface area contributed by atoms with Crippen LogP contribution in [0, 0.1) is 13.8 Å². The molecule has 1 fully saturated rings. The number of carbonyl (C=O) groups excluding carboxylic acids is 2. The van der Waals surface area contributed by atoms with Crippen molar-refractivity contribution in [3.63, 3.8) is 0 Å². The molecule has 35 heavy (non-hydrogen) atoms. The van der Waals surface area contributed by atoms with Crippen LogP contribution in [0.5, 0.6) is 5.75 Å². The zero-order chi connectivity index (χ0) is 25.1. The highest BCUT2D eigenvalue weighted by Gasteiger charge is 2.29. The second-order valence-electron chi connectivity index (χ2n) is 8.89. The van der Waals surface area contributed by atoms with Crippen molar-refractivity contribution in [2.75, 3.05) is 33.3 Å². The normalized spacial score (nSPS) is 14.4. The summed E-state index contributed by atoms with van der Waals surface area (Å²) >= 11 is 0. The monoisotopic (exact) mass is 481 g/mol. The topological polar surface area (TPSA) is 114 Å². The molecule has 4 rings (SSSR count). The number of hydrogen-bond acceptors (Lipinski definition) is 8. The number of carbonyl (C=O) groups is 2. The quantitative estimate of drug-likeness (QED) is 0.512. The minimum absolute atomic E-state index is 0.117. The Labute approximate surface area is 204 Å². The number of nitrogens with one attached hydrogen (secondary N) is 1. The first-order valence-electron chi connectivity index (χ1n) is 11.7. The Hall–Kier alpha value is -3.66. The predicted molar refractivity (Wildman–Crippen MR) is 128 cm³/mol. The van der Waals surface area contributed by atoms with E-state index in [9.17, 15) is 9.59 Å². The largest absolute Gasteiger partial charge is 0.497 e. The van der Waals surface area contributed by atoms with Gasteiger partial charge in [0, 0.05) is 37.4 Å². The average Bonchev–Trinajstić information content (AvgIpc) is 3.42. The zero-order valence-electron chi connectivity index (χ0n) is 20.8. The predicted octanol–water partition coefficient (Wildman–Crippen LogP) is 3.21. The number of H-pyrrole nitrogens is 1. The molecule has 0 bridgehead atoms. The van der Waals surface area contributed by atoms with E-state index in [1.54, 1.807) is 39.7 Å². The van der Waals surface area contributed by atoms with Crippen molar-refractivity contribution in [3.05, 3.63) is 52.7 Å². The van der Waals surface area contributed by atoms with E-state index in [1.165, 1.54) is 0 Å². The van der Waals surface area contributed by atoms with E-state index in [0.29, 0.717) is 67.0 Å². The average molecular weight is 482 g/mol. The van der Waals surface area contributed by atoms with Gasteiger partial charge in [0.05, 0.1) is 25.3 Å². The molecular weight excluding hydrogens is 450 g/mol. The highest BCUT2D eigenvalue weighted by atomic mass is 16.5. The van der Waals surface area contributed by atoms with Crippen LogP contribution in [-0.4, -0.2) is 76.2 Å². The number of methoxy groups -OCH3 is 1. The Kier molecular flexibility index (Phi) is 7.20. The van der Waals surface area contributed by atoms with Gasteiger partial charge in [0.1, 0.15) is 11.4 Å². The second kappa shape index (κ2) is 10.3. The SMILES string of the molecule is COc1ccc(-c2noc(CN3CCN(C(=O)c4[nH]c(C)c(C(=O)OC(C)C)c4C)CC3)n2)cc1. The van der Waals surface area contributed by atoms with Crippen LogP contribution < -0.4 is 4.74 Å². The molecule has 3 aromatic rings. The maximum atomic E-state index is 13.2. The molecule has 10 nitrogen and oxygen atoms in total. The molecule has 0 unspecified atom stereocenters. The van der Waals surface area contributed by atoms with Gasteiger partial charge in [0.25, 0.3) is 5.91 Å². The highest BCUT2D eigenvalue weighted by Crippen LogP contribution is 2.23. The summed E-state index contributed by atoms with van der Waals surface area (Å²) in [5, 5.41) is 4.08. The molecule has 2 aromatic heterocycles. The maximum Gasteiger partial charge on any atom is 0.340 e. The lowest BCUT2D eigenvalue weighted by Gasteiger charge is -2.33. The smallest absolute Gasteiger partial charge is 0.340 e. The summed E-state index contributed by atoms with van der Waals surface area (Å²) in [5.41, 5.74) is 2.98. The lowest BCUT2D eigenvalue weighted by molar-refractivity contribution is 0.0376. The minimum atomic E-state index is -0.413. The molecule has 3 heterocycles. The number of aromatic amines is 1. The fourth-order valence-corrected chi connectivity index (χ4v) is 4.18. The van der Waals surface area contributed by atoms with Crippen molar-refractivity contribution >= 4 is 11.9 Å². The van der Waals surface area contributed by atoms with E-state index >= 15 is 0 Å². The number of amides is 1. The van der Waals surface area contributed by atoms with Gasteiger partial charge in [-0.2, -0.15) is 4.98 Å².